The predicted molar refractivity (Wildman–Crippen MR) is 57.2 cm³/mol. The standard InChI is InChI=1S/C12H10O2/c1-2-4-9-5-3-6-10-11(13)7-8-14-12(9)10/h2-8H,1H3. The predicted octanol–water partition coefficient (Wildman–Crippen LogP) is 2.83. The second-order valence-corrected chi connectivity index (χ2v) is 3.01. The molecular formula is C12H10O2. The third-order valence-corrected chi connectivity index (χ3v) is 2.06. The summed E-state index contributed by atoms with van der Waals surface area (Å²) in [6, 6.07) is 6.98. The van der Waals surface area contributed by atoms with Gasteiger partial charge in [-0.25, -0.2) is 0 Å². The van der Waals surface area contributed by atoms with Crippen molar-refractivity contribution in [2.24, 2.45) is 0 Å². The third-order valence-electron chi connectivity index (χ3n) is 2.06. The minimum absolute atomic E-state index is 0.00222. The summed E-state index contributed by atoms with van der Waals surface area (Å²) in [5, 5.41) is 0.628. The van der Waals surface area contributed by atoms with E-state index in [4.69, 9.17) is 4.42 Å². The topological polar surface area (TPSA) is 30.2 Å². The van der Waals surface area contributed by atoms with Gasteiger partial charge in [-0.1, -0.05) is 24.3 Å². The van der Waals surface area contributed by atoms with Crippen LogP contribution in [0.3, 0.4) is 0 Å². The van der Waals surface area contributed by atoms with E-state index in [1.54, 1.807) is 6.07 Å². The van der Waals surface area contributed by atoms with Crippen molar-refractivity contribution in [1.29, 1.82) is 0 Å². The molecule has 0 atom stereocenters. The lowest BCUT2D eigenvalue weighted by Gasteiger charge is -1.98. The fraction of sp³-hybridized carbons (Fsp3) is 0.0833. The van der Waals surface area contributed by atoms with Gasteiger partial charge in [0.25, 0.3) is 0 Å². The SMILES string of the molecule is CC=Cc1cccc2c(=O)ccoc12. The number of para-hydroxylation sites is 1. The molecule has 0 aliphatic rings. The van der Waals surface area contributed by atoms with Crippen molar-refractivity contribution in [3.8, 4) is 0 Å². The first-order valence-corrected chi connectivity index (χ1v) is 4.46. The zero-order valence-electron chi connectivity index (χ0n) is 7.86. The molecular weight excluding hydrogens is 176 g/mol. The van der Waals surface area contributed by atoms with Gasteiger partial charge in [0.2, 0.25) is 0 Å². The Morgan fingerprint density at radius 2 is 2.14 bits per heavy atom. The van der Waals surface area contributed by atoms with E-state index in [2.05, 4.69) is 0 Å². The van der Waals surface area contributed by atoms with Crippen LogP contribution in [0.4, 0.5) is 0 Å². The van der Waals surface area contributed by atoms with Crippen molar-refractivity contribution >= 4 is 17.0 Å². The number of fused-ring (bicyclic) bond motifs is 1. The van der Waals surface area contributed by atoms with Crippen LogP contribution in [0.15, 0.2) is 45.8 Å². The van der Waals surface area contributed by atoms with Crippen molar-refractivity contribution < 1.29 is 4.42 Å². The summed E-state index contributed by atoms with van der Waals surface area (Å²) >= 11 is 0. The first-order chi connectivity index (χ1) is 6.83. The number of allylic oxidation sites excluding steroid dienone is 1. The highest BCUT2D eigenvalue weighted by atomic mass is 16.3. The Balaban J connectivity index is 2.88. The van der Waals surface area contributed by atoms with Crippen LogP contribution >= 0.6 is 0 Å². The Bertz CT molecular complexity index is 535. The van der Waals surface area contributed by atoms with Crippen molar-refractivity contribution in [3.05, 3.63) is 52.4 Å². The molecule has 0 amide bonds. The van der Waals surface area contributed by atoms with Gasteiger partial charge in [0.1, 0.15) is 5.58 Å². The maximum Gasteiger partial charge on any atom is 0.192 e. The monoisotopic (exact) mass is 186 g/mol. The Hall–Kier alpha value is -1.83. The molecule has 2 aromatic rings. The highest BCUT2D eigenvalue weighted by molar-refractivity contribution is 5.84. The molecule has 0 bridgehead atoms. The lowest BCUT2D eigenvalue weighted by atomic mass is 10.1. The molecule has 0 saturated carbocycles. The zero-order chi connectivity index (χ0) is 9.97. The maximum atomic E-state index is 11.5. The van der Waals surface area contributed by atoms with Gasteiger partial charge in [0.15, 0.2) is 5.43 Å². The van der Waals surface area contributed by atoms with Gasteiger partial charge in [-0.05, 0) is 13.0 Å². The fourth-order valence-corrected chi connectivity index (χ4v) is 1.44. The summed E-state index contributed by atoms with van der Waals surface area (Å²) in [6.45, 7) is 1.93. The summed E-state index contributed by atoms with van der Waals surface area (Å²) in [6.07, 6.45) is 5.27. The summed E-state index contributed by atoms with van der Waals surface area (Å²) < 4.78 is 5.32. The molecule has 2 nitrogen and oxygen atoms in total. The van der Waals surface area contributed by atoms with Crippen LogP contribution in [-0.4, -0.2) is 0 Å². The zero-order valence-corrected chi connectivity index (χ0v) is 7.86. The largest absolute Gasteiger partial charge is 0.463 e. The maximum absolute atomic E-state index is 11.5. The van der Waals surface area contributed by atoms with Gasteiger partial charge in [0.05, 0.1) is 11.6 Å². The molecule has 0 N–H and O–H groups in total. The Morgan fingerprint density at radius 1 is 1.29 bits per heavy atom. The van der Waals surface area contributed by atoms with E-state index in [1.807, 2.05) is 31.2 Å². The average molecular weight is 186 g/mol. The van der Waals surface area contributed by atoms with Crippen LogP contribution in [-0.2, 0) is 0 Å². The molecule has 0 fully saturated rings. The first kappa shape index (κ1) is 8.75. The van der Waals surface area contributed by atoms with E-state index in [-0.39, 0.29) is 5.43 Å². The van der Waals surface area contributed by atoms with Gasteiger partial charge >= 0.3 is 0 Å². The van der Waals surface area contributed by atoms with Gasteiger partial charge in [0, 0.05) is 11.6 Å². The van der Waals surface area contributed by atoms with E-state index in [9.17, 15) is 4.79 Å². The minimum atomic E-state index is -0.00222. The third kappa shape index (κ3) is 1.35. The van der Waals surface area contributed by atoms with Crippen LogP contribution in [0.5, 0.6) is 0 Å². The summed E-state index contributed by atoms with van der Waals surface area (Å²) in [7, 11) is 0. The fourth-order valence-electron chi connectivity index (χ4n) is 1.44. The van der Waals surface area contributed by atoms with Crippen molar-refractivity contribution in [1.82, 2.24) is 0 Å². The Labute approximate surface area is 81.5 Å². The van der Waals surface area contributed by atoms with Crippen molar-refractivity contribution in [3.63, 3.8) is 0 Å². The molecule has 0 aliphatic heterocycles. The molecule has 0 unspecified atom stereocenters. The molecule has 70 valence electrons. The second kappa shape index (κ2) is 3.50. The van der Waals surface area contributed by atoms with Crippen LogP contribution in [0.1, 0.15) is 12.5 Å². The quantitative estimate of drug-likeness (QED) is 0.685. The molecule has 0 radical (unpaired) electrons. The molecule has 0 aliphatic carbocycles. The van der Waals surface area contributed by atoms with E-state index >= 15 is 0 Å². The molecule has 0 spiro atoms. The Kier molecular flexibility index (Phi) is 2.19. The molecule has 1 heterocycles. The highest BCUT2D eigenvalue weighted by Crippen LogP contribution is 2.16. The average Bonchev–Trinajstić information content (AvgIpc) is 2.20. The normalized spacial score (nSPS) is 11.2. The lowest BCUT2D eigenvalue weighted by molar-refractivity contribution is 0.602. The molecule has 0 saturated heterocycles. The van der Waals surface area contributed by atoms with Crippen LogP contribution in [0.25, 0.3) is 17.0 Å². The van der Waals surface area contributed by atoms with Crippen LogP contribution in [0.2, 0.25) is 0 Å². The summed E-state index contributed by atoms with van der Waals surface area (Å²) in [5.74, 6) is 0. The highest BCUT2D eigenvalue weighted by Gasteiger charge is 2.01. The second-order valence-electron chi connectivity index (χ2n) is 3.01. The first-order valence-electron chi connectivity index (χ1n) is 4.46. The van der Waals surface area contributed by atoms with Crippen LogP contribution in [0, 0.1) is 0 Å². The Morgan fingerprint density at radius 3 is 2.93 bits per heavy atom. The van der Waals surface area contributed by atoms with Crippen molar-refractivity contribution in [2.75, 3.05) is 0 Å². The molecule has 2 heteroatoms. The number of rotatable bonds is 1. The van der Waals surface area contributed by atoms with Crippen molar-refractivity contribution in [2.45, 2.75) is 6.92 Å². The van der Waals surface area contributed by atoms with Gasteiger partial charge in [-0.15, -0.1) is 0 Å². The van der Waals surface area contributed by atoms with Gasteiger partial charge < -0.3 is 4.42 Å². The molecule has 1 aromatic heterocycles. The smallest absolute Gasteiger partial charge is 0.192 e. The number of benzene rings is 1. The summed E-state index contributed by atoms with van der Waals surface area (Å²) in [5.41, 5.74) is 1.58. The van der Waals surface area contributed by atoms with E-state index in [1.165, 1.54) is 12.3 Å². The van der Waals surface area contributed by atoms with Gasteiger partial charge in [-0.3, -0.25) is 4.79 Å². The van der Waals surface area contributed by atoms with E-state index in [0.717, 1.165) is 5.56 Å². The van der Waals surface area contributed by atoms with E-state index in [0.29, 0.717) is 11.0 Å². The molecule has 2 rings (SSSR count). The number of hydrogen-bond acceptors (Lipinski definition) is 2. The number of hydrogen-bond donors (Lipinski definition) is 0. The molecule has 1 aromatic carbocycles. The lowest BCUT2D eigenvalue weighted by Crippen LogP contribution is -1.98. The van der Waals surface area contributed by atoms with E-state index < -0.39 is 0 Å². The summed E-state index contributed by atoms with van der Waals surface area (Å²) in [4.78, 5) is 11.5. The molecule has 14 heavy (non-hydrogen) atoms. The van der Waals surface area contributed by atoms with Crippen LogP contribution < -0.4 is 5.43 Å². The minimum Gasteiger partial charge on any atom is -0.463 e. The van der Waals surface area contributed by atoms with Gasteiger partial charge in [-0.2, -0.15) is 0 Å².